The van der Waals surface area contributed by atoms with Crippen LogP contribution >= 0.6 is 0 Å². The van der Waals surface area contributed by atoms with Gasteiger partial charge in [0.25, 0.3) is 0 Å². The molecule has 1 aromatic heterocycles. The maximum atomic E-state index is 13.9. The van der Waals surface area contributed by atoms with Gasteiger partial charge < -0.3 is 9.88 Å². The summed E-state index contributed by atoms with van der Waals surface area (Å²) in [6.07, 6.45) is 4.62. The standard InChI is InChI=1S/C15H20FN3/c1-3-15-18-9-10-19(15)11-14(17-4-2)12-7-5-6-8-13(12)16/h5-10,14,17H,3-4,11H2,1-2H3. The van der Waals surface area contributed by atoms with Crippen LogP contribution in [-0.4, -0.2) is 16.1 Å². The molecule has 0 fully saturated rings. The van der Waals surface area contributed by atoms with E-state index in [-0.39, 0.29) is 11.9 Å². The summed E-state index contributed by atoms with van der Waals surface area (Å²) in [6.45, 7) is 5.60. The number of imidazole rings is 1. The average molecular weight is 261 g/mol. The number of benzene rings is 1. The Kier molecular flexibility index (Phi) is 4.68. The van der Waals surface area contributed by atoms with Crippen molar-refractivity contribution in [1.29, 1.82) is 0 Å². The van der Waals surface area contributed by atoms with E-state index >= 15 is 0 Å². The van der Waals surface area contributed by atoms with E-state index in [2.05, 4.69) is 21.8 Å². The van der Waals surface area contributed by atoms with Gasteiger partial charge in [-0.25, -0.2) is 9.37 Å². The third kappa shape index (κ3) is 3.20. The minimum atomic E-state index is -0.161. The molecular formula is C15H20FN3. The second-order valence-corrected chi connectivity index (χ2v) is 4.48. The van der Waals surface area contributed by atoms with Gasteiger partial charge in [0.15, 0.2) is 0 Å². The highest BCUT2D eigenvalue weighted by molar-refractivity contribution is 5.21. The van der Waals surface area contributed by atoms with Crippen molar-refractivity contribution in [2.75, 3.05) is 6.54 Å². The number of aryl methyl sites for hydroxylation is 1. The van der Waals surface area contributed by atoms with E-state index in [0.29, 0.717) is 12.1 Å². The molecule has 0 aliphatic rings. The predicted molar refractivity (Wildman–Crippen MR) is 74.4 cm³/mol. The summed E-state index contributed by atoms with van der Waals surface area (Å²) in [6, 6.07) is 6.90. The maximum Gasteiger partial charge on any atom is 0.128 e. The van der Waals surface area contributed by atoms with Gasteiger partial charge >= 0.3 is 0 Å². The van der Waals surface area contributed by atoms with Crippen molar-refractivity contribution in [3.63, 3.8) is 0 Å². The smallest absolute Gasteiger partial charge is 0.128 e. The van der Waals surface area contributed by atoms with Crippen LogP contribution in [0.5, 0.6) is 0 Å². The van der Waals surface area contributed by atoms with Crippen LogP contribution in [0.15, 0.2) is 36.7 Å². The van der Waals surface area contributed by atoms with Gasteiger partial charge in [-0.1, -0.05) is 32.0 Å². The van der Waals surface area contributed by atoms with Crippen LogP contribution in [0.3, 0.4) is 0 Å². The Hall–Kier alpha value is -1.68. The third-order valence-corrected chi connectivity index (χ3v) is 3.23. The lowest BCUT2D eigenvalue weighted by atomic mass is 10.1. The number of hydrogen-bond donors (Lipinski definition) is 1. The van der Waals surface area contributed by atoms with Crippen molar-refractivity contribution in [3.05, 3.63) is 53.9 Å². The zero-order valence-corrected chi connectivity index (χ0v) is 11.4. The molecule has 0 saturated carbocycles. The molecule has 1 atom stereocenters. The van der Waals surface area contributed by atoms with E-state index in [1.165, 1.54) is 6.07 Å². The Morgan fingerprint density at radius 2 is 2.11 bits per heavy atom. The Morgan fingerprint density at radius 1 is 1.32 bits per heavy atom. The molecule has 2 aromatic rings. The monoisotopic (exact) mass is 261 g/mol. The van der Waals surface area contributed by atoms with Gasteiger partial charge in [0.05, 0.1) is 6.04 Å². The molecule has 0 amide bonds. The number of nitrogens with zero attached hydrogens (tertiary/aromatic N) is 2. The SMILES string of the molecule is CCNC(Cn1ccnc1CC)c1ccccc1F. The zero-order chi connectivity index (χ0) is 13.7. The molecule has 1 aromatic carbocycles. The molecule has 1 heterocycles. The molecule has 3 nitrogen and oxygen atoms in total. The summed E-state index contributed by atoms with van der Waals surface area (Å²) in [7, 11) is 0. The molecule has 0 aliphatic heterocycles. The molecule has 102 valence electrons. The van der Waals surface area contributed by atoms with E-state index in [1.807, 2.05) is 25.3 Å². The van der Waals surface area contributed by atoms with Gasteiger partial charge in [0.1, 0.15) is 11.6 Å². The molecular weight excluding hydrogens is 241 g/mol. The quantitative estimate of drug-likeness (QED) is 0.866. The van der Waals surface area contributed by atoms with E-state index < -0.39 is 0 Å². The minimum absolute atomic E-state index is 0.0364. The van der Waals surface area contributed by atoms with E-state index in [9.17, 15) is 4.39 Å². The van der Waals surface area contributed by atoms with E-state index in [4.69, 9.17) is 0 Å². The lowest BCUT2D eigenvalue weighted by molar-refractivity contribution is 0.446. The van der Waals surface area contributed by atoms with Crippen LogP contribution in [0.1, 0.15) is 31.3 Å². The van der Waals surface area contributed by atoms with Crippen molar-refractivity contribution in [3.8, 4) is 0 Å². The molecule has 1 N–H and O–H groups in total. The van der Waals surface area contributed by atoms with Crippen molar-refractivity contribution in [2.45, 2.75) is 32.9 Å². The van der Waals surface area contributed by atoms with Crippen LogP contribution in [0.2, 0.25) is 0 Å². The van der Waals surface area contributed by atoms with Crippen molar-refractivity contribution in [1.82, 2.24) is 14.9 Å². The van der Waals surface area contributed by atoms with Crippen LogP contribution < -0.4 is 5.32 Å². The molecule has 0 saturated heterocycles. The van der Waals surface area contributed by atoms with E-state index in [1.54, 1.807) is 12.3 Å². The number of aromatic nitrogens is 2. The summed E-state index contributed by atoms with van der Waals surface area (Å²) < 4.78 is 16.0. The van der Waals surface area contributed by atoms with Crippen molar-refractivity contribution in [2.24, 2.45) is 0 Å². The Balaban J connectivity index is 2.24. The number of rotatable bonds is 6. The summed E-state index contributed by atoms with van der Waals surface area (Å²) in [4.78, 5) is 4.31. The zero-order valence-electron chi connectivity index (χ0n) is 11.4. The number of nitrogens with one attached hydrogen (secondary N) is 1. The lowest BCUT2D eigenvalue weighted by Crippen LogP contribution is -2.26. The van der Waals surface area contributed by atoms with Crippen LogP contribution in [0.4, 0.5) is 4.39 Å². The predicted octanol–water partition coefficient (Wildman–Crippen LogP) is 2.94. The molecule has 19 heavy (non-hydrogen) atoms. The highest BCUT2D eigenvalue weighted by atomic mass is 19.1. The van der Waals surface area contributed by atoms with Gasteiger partial charge in [0, 0.05) is 30.9 Å². The first kappa shape index (κ1) is 13.7. The summed E-state index contributed by atoms with van der Waals surface area (Å²) >= 11 is 0. The summed E-state index contributed by atoms with van der Waals surface area (Å²) in [5, 5.41) is 3.34. The first-order valence-corrected chi connectivity index (χ1v) is 6.74. The lowest BCUT2D eigenvalue weighted by Gasteiger charge is -2.20. The van der Waals surface area contributed by atoms with Gasteiger partial charge in [-0.05, 0) is 12.6 Å². The first-order valence-electron chi connectivity index (χ1n) is 6.74. The summed E-state index contributed by atoms with van der Waals surface area (Å²) in [5.74, 6) is 0.867. The van der Waals surface area contributed by atoms with Gasteiger partial charge in [0.2, 0.25) is 0 Å². The minimum Gasteiger partial charge on any atom is -0.333 e. The fourth-order valence-electron chi connectivity index (χ4n) is 2.29. The molecule has 2 rings (SSSR count). The highest BCUT2D eigenvalue weighted by Gasteiger charge is 2.15. The first-order chi connectivity index (χ1) is 9.26. The topological polar surface area (TPSA) is 29.9 Å². The highest BCUT2D eigenvalue weighted by Crippen LogP contribution is 2.19. The van der Waals surface area contributed by atoms with Gasteiger partial charge in [-0.3, -0.25) is 0 Å². The second kappa shape index (κ2) is 6.48. The molecule has 4 heteroatoms. The van der Waals surface area contributed by atoms with Crippen molar-refractivity contribution >= 4 is 0 Å². The third-order valence-electron chi connectivity index (χ3n) is 3.23. The Morgan fingerprint density at radius 3 is 2.79 bits per heavy atom. The van der Waals surface area contributed by atoms with Crippen LogP contribution in [0, 0.1) is 5.82 Å². The summed E-state index contributed by atoms with van der Waals surface area (Å²) in [5.41, 5.74) is 0.708. The number of likely N-dealkylation sites (N-methyl/N-ethyl adjacent to an activating group) is 1. The second-order valence-electron chi connectivity index (χ2n) is 4.48. The molecule has 0 bridgehead atoms. The molecule has 0 aliphatic carbocycles. The normalized spacial score (nSPS) is 12.6. The van der Waals surface area contributed by atoms with Gasteiger partial charge in [-0.15, -0.1) is 0 Å². The van der Waals surface area contributed by atoms with Gasteiger partial charge in [-0.2, -0.15) is 0 Å². The largest absolute Gasteiger partial charge is 0.333 e. The molecule has 0 spiro atoms. The fourth-order valence-corrected chi connectivity index (χ4v) is 2.29. The van der Waals surface area contributed by atoms with E-state index in [0.717, 1.165) is 18.8 Å². The van der Waals surface area contributed by atoms with Crippen LogP contribution in [0.25, 0.3) is 0 Å². The van der Waals surface area contributed by atoms with Crippen molar-refractivity contribution < 1.29 is 4.39 Å². The molecule has 1 unspecified atom stereocenters. The maximum absolute atomic E-state index is 13.9. The average Bonchev–Trinajstić information content (AvgIpc) is 2.86. The Labute approximate surface area is 113 Å². The fraction of sp³-hybridized carbons (Fsp3) is 0.400. The number of hydrogen-bond acceptors (Lipinski definition) is 2. The number of halogens is 1. The van der Waals surface area contributed by atoms with Crippen LogP contribution in [-0.2, 0) is 13.0 Å². The molecule has 0 radical (unpaired) electrons. The Bertz CT molecular complexity index is 522.